The van der Waals surface area contributed by atoms with Gasteiger partial charge in [0, 0.05) is 31.0 Å². The van der Waals surface area contributed by atoms with Gasteiger partial charge in [0.2, 0.25) is 10.0 Å². The Labute approximate surface area is 183 Å². The summed E-state index contributed by atoms with van der Waals surface area (Å²) in [5.41, 5.74) is 3.83. The number of aromatic nitrogens is 1. The van der Waals surface area contributed by atoms with E-state index in [1.54, 1.807) is 24.3 Å². The van der Waals surface area contributed by atoms with Crippen LogP contribution >= 0.6 is 0 Å². The van der Waals surface area contributed by atoms with E-state index < -0.39 is 10.0 Å². The Hall–Kier alpha value is -2.64. The molecule has 2 aromatic carbocycles. The topological polar surface area (TPSA) is 71.4 Å². The maximum Gasteiger partial charge on any atom is 0.268 e. The van der Waals surface area contributed by atoms with Gasteiger partial charge in [0.05, 0.1) is 10.9 Å². The summed E-state index contributed by atoms with van der Waals surface area (Å²) in [4.78, 5) is 13.4. The SMILES string of the molecule is CCN(CC)S(=O)(=O)c1ccc2c(c1)cc(C(=O)N[C@H]1CCCc3ccccc31)n2C. The number of hydrogen-bond acceptors (Lipinski definition) is 3. The molecule has 0 spiro atoms. The minimum atomic E-state index is -3.55. The van der Waals surface area contributed by atoms with Gasteiger partial charge in [0.15, 0.2) is 0 Å². The normalized spacial score (nSPS) is 16.5. The molecule has 1 heterocycles. The lowest BCUT2D eigenvalue weighted by atomic mass is 9.87. The predicted octanol–water partition coefficient (Wildman–Crippen LogP) is 4.02. The second-order valence-corrected chi connectivity index (χ2v) is 9.95. The van der Waals surface area contributed by atoms with Crippen LogP contribution in [0.3, 0.4) is 0 Å². The van der Waals surface area contributed by atoms with Gasteiger partial charge in [-0.15, -0.1) is 0 Å². The van der Waals surface area contributed by atoms with Crippen LogP contribution in [-0.2, 0) is 23.5 Å². The van der Waals surface area contributed by atoms with E-state index in [9.17, 15) is 13.2 Å². The molecular formula is C24H29N3O3S. The molecule has 7 heteroatoms. The molecule has 6 nitrogen and oxygen atoms in total. The zero-order chi connectivity index (χ0) is 22.2. The van der Waals surface area contributed by atoms with Crippen LogP contribution in [0.15, 0.2) is 53.4 Å². The maximum atomic E-state index is 13.1. The number of sulfonamides is 1. The van der Waals surface area contributed by atoms with Crippen LogP contribution in [0, 0.1) is 0 Å². The van der Waals surface area contributed by atoms with Gasteiger partial charge in [-0.05, 0) is 54.7 Å². The van der Waals surface area contributed by atoms with Gasteiger partial charge in [0.25, 0.3) is 5.91 Å². The van der Waals surface area contributed by atoms with Crippen LogP contribution in [0.5, 0.6) is 0 Å². The van der Waals surface area contributed by atoms with Crippen LogP contribution in [0.1, 0.15) is 54.3 Å². The highest BCUT2D eigenvalue weighted by Gasteiger charge is 2.25. The highest BCUT2D eigenvalue weighted by atomic mass is 32.2. The summed E-state index contributed by atoms with van der Waals surface area (Å²) in [5, 5.41) is 3.93. The van der Waals surface area contributed by atoms with Crippen LogP contribution in [0.4, 0.5) is 0 Å². The summed E-state index contributed by atoms with van der Waals surface area (Å²) in [7, 11) is -1.71. The zero-order valence-electron chi connectivity index (χ0n) is 18.3. The molecule has 1 aliphatic carbocycles. The predicted molar refractivity (Wildman–Crippen MR) is 123 cm³/mol. The third-order valence-corrected chi connectivity index (χ3v) is 8.31. The molecule has 0 radical (unpaired) electrons. The lowest BCUT2D eigenvalue weighted by molar-refractivity contribution is 0.0925. The molecule has 0 saturated carbocycles. The first-order valence-corrected chi connectivity index (χ1v) is 12.3. The number of carbonyl (C=O) groups is 1. The Balaban J connectivity index is 1.65. The summed E-state index contributed by atoms with van der Waals surface area (Å²) < 4.78 is 29.0. The number of carbonyl (C=O) groups excluding carboxylic acids is 1. The van der Waals surface area contributed by atoms with Crippen LogP contribution in [0.2, 0.25) is 0 Å². The molecule has 0 fully saturated rings. The first kappa shape index (κ1) is 21.6. The Morgan fingerprint density at radius 2 is 1.87 bits per heavy atom. The lowest BCUT2D eigenvalue weighted by Gasteiger charge is -2.26. The average molecular weight is 440 g/mol. The smallest absolute Gasteiger partial charge is 0.268 e. The minimum Gasteiger partial charge on any atom is -0.344 e. The number of nitrogens with zero attached hydrogens (tertiary/aromatic N) is 2. The van der Waals surface area contributed by atoms with Crippen molar-refractivity contribution in [2.24, 2.45) is 7.05 Å². The van der Waals surface area contributed by atoms with Crippen molar-refractivity contribution < 1.29 is 13.2 Å². The van der Waals surface area contributed by atoms with E-state index in [4.69, 9.17) is 0 Å². The maximum absolute atomic E-state index is 13.1. The monoisotopic (exact) mass is 439 g/mol. The van der Waals surface area contributed by atoms with E-state index in [-0.39, 0.29) is 16.8 Å². The number of hydrogen-bond donors (Lipinski definition) is 1. The van der Waals surface area contributed by atoms with E-state index >= 15 is 0 Å². The lowest BCUT2D eigenvalue weighted by Crippen LogP contribution is -2.32. The molecule has 1 aliphatic rings. The Bertz CT molecular complexity index is 1230. The Morgan fingerprint density at radius 3 is 2.61 bits per heavy atom. The first-order valence-electron chi connectivity index (χ1n) is 10.8. The molecule has 0 unspecified atom stereocenters. The second kappa shape index (κ2) is 8.48. The van der Waals surface area contributed by atoms with Gasteiger partial charge in [-0.25, -0.2) is 8.42 Å². The Morgan fingerprint density at radius 1 is 1.13 bits per heavy atom. The fourth-order valence-electron chi connectivity index (χ4n) is 4.55. The molecule has 1 atom stereocenters. The third-order valence-electron chi connectivity index (χ3n) is 6.26. The van der Waals surface area contributed by atoms with Crippen molar-refractivity contribution in [3.05, 3.63) is 65.4 Å². The van der Waals surface area contributed by atoms with Gasteiger partial charge in [0.1, 0.15) is 5.69 Å². The summed E-state index contributed by atoms with van der Waals surface area (Å²) in [6, 6.07) is 15.1. The fourth-order valence-corrected chi connectivity index (χ4v) is 6.05. The van der Waals surface area contributed by atoms with E-state index in [0.717, 1.165) is 30.2 Å². The van der Waals surface area contributed by atoms with Crippen molar-refractivity contribution in [3.63, 3.8) is 0 Å². The van der Waals surface area contributed by atoms with Crippen LogP contribution < -0.4 is 5.32 Å². The zero-order valence-corrected chi connectivity index (χ0v) is 19.1. The van der Waals surface area contributed by atoms with Crippen molar-refractivity contribution in [2.75, 3.05) is 13.1 Å². The molecule has 31 heavy (non-hydrogen) atoms. The number of fused-ring (bicyclic) bond motifs is 2. The van der Waals surface area contributed by atoms with E-state index in [1.807, 2.05) is 37.6 Å². The number of amides is 1. The van der Waals surface area contributed by atoms with Crippen LogP contribution in [-0.4, -0.2) is 36.3 Å². The van der Waals surface area contributed by atoms with Crippen LogP contribution in [0.25, 0.3) is 10.9 Å². The standard InChI is InChI=1S/C24H29N3O3S/c1-4-27(5-2)31(29,30)19-13-14-22-18(15-19)16-23(26(22)3)24(28)25-21-12-8-10-17-9-6-7-11-20(17)21/h6-7,9,11,13-16,21H,4-5,8,10,12H2,1-3H3,(H,25,28)/t21-/m0/s1. The van der Waals surface area contributed by atoms with Crippen molar-refractivity contribution in [1.29, 1.82) is 0 Å². The molecule has 0 saturated heterocycles. The van der Waals surface area contributed by atoms with Gasteiger partial charge >= 0.3 is 0 Å². The molecule has 3 aromatic rings. The summed E-state index contributed by atoms with van der Waals surface area (Å²) in [6.07, 6.45) is 3.00. The van der Waals surface area contributed by atoms with Gasteiger partial charge in [-0.2, -0.15) is 4.31 Å². The minimum absolute atomic E-state index is 0.00549. The van der Waals surface area contributed by atoms with E-state index in [0.29, 0.717) is 18.8 Å². The molecule has 1 aromatic heterocycles. The summed E-state index contributed by atoms with van der Waals surface area (Å²) in [6.45, 7) is 4.49. The fraction of sp³-hybridized carbons (Fsp3) is 0.375. The summed E-state index contributed by atoms with van der Waals surface area (Å²) in [5.74, 6) is -0.145. The molecule has 0 aliphatic heterocycles. The quantitative estimate of drug-likeness (QED) is 0.631. The molecule has 1 N–H and O–H groups in total. The van der Waals surface area contributed by atoms with E-state index in [2.05, 4.69) is 17.4 Å². The highest BCUT2D eigenvalue weighted by Crippen LogP contribution is 2.30. The molecular weight excluding hydrogens is 410 g/mol. The van der Waals surface area contributed by atoms with Crippen molar-refractivity contribution in [3.8, 4) is 0 Å². The van der Waals surface area contributed by atoms with E-state index in [1.165, 1.54) is 15.4 Å². The molecule has 0 bridgehead atoms. The largest absolute Gasteiger partial charge is 0.344 e. The van der Waals surface area contributed by atoms with Gasteiger partial charge < -0.3 is 9.88 Å². The van der Waals surface area contributed by atoms with Crippen molar-refractivity contribution in [1.82, 2.24) is 14.2 Å². The number of benzene rings is 2. The molecule has 1 amide bonds. The van der Waals surface area contributed by atoms with Gasteiger partial charge in [-0.3, -0.25) is 4.79 Å². The second-order valence-electron chi connectivity index (χ2n) is 8.02. The summed E-state index contributed by atoms with van der Waals surface area (Å²) >= 11 is 0. The van der Waals surface area contributed by atoms with Crippen molar-refractivity contribution >= 4 is 26.8 Å². The highest BCUT2D eigenvalue weighted by molar-refractivity contribution is 7.89. The number of rotatable bonds is 6. The van der Waals surface area contributed by atoms with Gasteiger partial charge in [-0.1, -0.05) is 38.1 Å². The third kappa shape index (κ3) is 3.88. The molecule has 164 valence electrons. The first-order chi connectivity index (χ1) is 14.9. The Kier molecular flexibility index (Phi) is 5.90. The van der Waals surface area contributed by atoms with Crippen molar-refractivity contribution in [2.45, 2.75) is 44.0 Å². The molecule has 4 rings (SSSR count). The number of nitrogens with one attached hydrogen (secondary N) is 1. The average Bonchev–Trinajstić information content (AvgIpc) is 3.11. The number of aryl methyl sites for hydroxylation is 2.